The predicted octanol–water partition coefficient (Wildman–Crippen LogP) is -4.61. The summed E-state index contributed by atoms with van der Waals surface area (Å²) in [5.74, 6) is -5.85. The van der Waals surface area contributed by atoms with Gasteiger partial charge in [0.25, 0.3) is 0 Å². The minimum Gasteiger partial charge on any atom is -0.481 e. The lowest BCUT2D eigenvalue weighted by molar-refractivity contribution is -0.143. The van der Waals surface area contributed by atoms with E-state index in [-0.39, 0.29) is 18.9 Å². The number of carboxylic acid groups (broad SMARTS) is 2. The summed E-state index contributed by atoms with van der Waals surface area (Å²) >= 11 is 0. The van der Waals surface area contributed by atoms with Gasteiger partial charge in [0.1, 0.15) is 18.1 Å². The van der Waals surface area contributed by atoms with Crippen LogP contribution in [0.2, 0.25) is 0 Å². The Morgan fingerprint density at radius 2 is 1.48 bits per heavy atom. The summed E-state index contributed by atoms with van der Waals surface area (Å²) in [7, 11) is 0. The van der Waals surface area contributed by atoms with E-state index in [2.05, 4.69) is 15.6 Å². The van der Waals surface area contributed by atoms with E-state index in [4.69, 9.17) is 27.4 Å². The first-order valence-corrected chi connectivity index (χ1v) is 9.16. The monoisotopic (exact) mass is 447 g/mol. The van der Waals surface area contributed by atoms with Gasteiger partial charge in [0.05, 0.1) is 19.1 Å². The van der Waals surface area contributed by atoms with E-state index in [0.717, 1.165) is 6.92 Å². The molecule has 0 aromatic carbocycles. The third kappa shape index (κ3) is 11.3. The van der Waals surface area contributed by atoms with Crippen molar-refractivity contribution in [2.24, 2.45) is 22.2 Å². The molecule has 176 valence electrons. The Kier molecular flexibility index (Phi) is 12.2. The quantitative estimate of drug-likeness (QED) is 0.0693. The molecule has 0 saturated carbocycles. The van der Waals surface area contributed by atoms with Crippen LogP contribution in [-0.2, 0) is 24.0 Å². The van der Waals surface area contributed by atoms with Gasteiger partial charge < -0.3 is 48.5 Å². The van der Waals surface area contributed by atoms with Crippen molar-refractivity contribution in [2.75, 3.05) is 13.2 Å². The number of carbonyl (C=O) groups excluding carboxylic acids is 3. The molecule has 0 spiro atoms. The number of hydrogen-bond acceptors (Lipinski definition) is 8. The molecule has 0 fully saturated rings. The number of carbonyl (C=O) groups is 5. The van der Waals surface area contributed by atoms with Crippen LogP contribution in [0.5, 0.6) is 0 Å². The normalized spacial score (nSPS) is 14.3. The van der Waals surface area contributed by atoms with Crippen LogP contribution in [0, 0.1) is 0 Å². The van der Waals surface area contributed by atoms with Crippen LogP contribution in [0.4, 0.5) is 0 Å². The molecule has 15 heteroatoms. The SMILES string of the molecule is CC(NC(=O)C(CC(=O)O)NC(=O)C(CO)NC(=O)C(N)CCCN=C(N)N)C(=O)O. The average Bonchev–Trinajstić information content (AvgIpc) is 2.67. The molecule has 4 atom stereocenters. The Labute approximate surface area is 177 Å². The molecule has 3 amide bonds. The maximum absolute atomic E-state index is 12.3. The smallest absolute Gasteiger partial charge is 0.325 e. The number of aliphatic hydroxyl groups excluding tert-OH is 1. The van der Waals surface area contributed by atoms with E-state index in [1.165, 1.54) is 0 Å². The van der Waals surface area contributed by atoms with Crippen LogP contribution in [0.1, 0.15) is 26.2 Å². The minimum atomic E-state index is -1.65. The summed E-state index contributed by atoms with van der Waals surface area (Å²) in [6.07, 6.45) is -0.328. The first-order chi connectivity index (χ1) is 14.4. The van der Waals surface area contributed by atoms with E-state index in [1.807, 2.05) is 5.32 Å². The van der Waals surface area contributed by atoms with E-state index in [1.54, 1.807) is 0 Å². The zero-order valence-corrected chi connectivity index (χ0v) is 16.9. The van der Waals surface area contributed by atoms with Crippen molar-refractivity contribution in [1.82, 2.24) is 16.0 Å². The molecule has 0 aromatic rings. The highest BCUT2D eigenvalue weighted by atomic mass is 16.4. The van der Waals surface area contributed by atoms with E-state index >= 15 is 0 Å². The molecule has 0 aliphatic carbocycles. The van der Waals surface area contributed by atoms with Gasteiger partial charge in [0, 0.05) is 6.54 Å². The standard InChI is InChI=1S/C16H29N7O8/c1-7(15(30)31)21-13(28)9(5-11(25)26)22-14(29)10(6-24)23-12(27)8(17)3-2-4-20-16(18)19/h7-10,24H,2-6,17H2,1H3,(H,21,28)(H,22,29)(H,23,27)(H,25,26)(H,30,31)(H4,18,19,20). The molecule has 0 radical (unpaired) electrons. The summed E-state index contributed by atoms with van der Waals surface area (Å²) in [5, 5.41) is 33.4. The summed E-state index contributed by atoms with van der Waals surface area (Å²) in [5.41, 5.74) is 16.0. The third-order valence-electron chi connectivity index (χ3n) is 3.86. The molecule has 0 rings (SSSR count). The molecular formula is C16H29N7O8. The minimum absolute atomic E-state index is 0.118. The fraction of sp³-hybridized carbons (Fsp3) is 0.625. The van der Waals surface area contributed by atoms with Crippen LogP contribution in [0.3, 0.4) is 0 Å². The van der Waals surface area contributed by atoms with Gasteiger partial charge in [0.15, 0.2) is 5.96 Å². The maximum Gasteiger partial charge on any atom is 0.325 e. The summed E-state index contributed by atoms with van der Waals surface area (Å²) in [6.45, 7) is 0.504. The number of aliphatic carboxylic acids is 2. The van der Waals surface area contributed by atoms with E-state index in [9.17, 15) is 29.1 Å². The number of nitrogens with two attached hydrogens (primary N) is 3. The number of carboxylic acids is 2. The Morgan fingerprint density at radius 3 is 1.97 bits per heavy atom. The van der Waals surface area contributed by atoms with Crippen LogP contribution in [0.15, 0.2) is 4.99 Å². The number of rotatable bonds is 14. The van der Waals surface area contributed by atoms with E-state index < -0.39 is 66.9 Å². The van der Waals surface area contributed by atoms with Crippen molar-refractivity contribution in [1.29, 1.82) is 0 Å². The molecule has 31 heavy (non-hydrogen) atoms. The molecule has 0 aromatic heterocycles. The van der Waals surface area contributed by atoms with Crippen molar-refractivity contribution in [2.45, 2.75) is 50.4 Å². The zero-order chi connectivity index (χ0) is 24.1. The number of nitrogens with zero attached hydrogens (tertiary/aromatic N) is 1. The second kappa shape index (κ2) is 13.7. The van der Waals surface area contributed by atoms with Gasteiger partial charge in [-0.05, 0) is 19.8 Å². The van der Waals surface area contributed by atoms with Gasteiger partial charge in [-0.2, -0.15) is 0 Å². The lowest BCUT2D eigenvalue weighted by Gasteiger charge is -2.23. The molecule has 0 heterocycles. The van der Waals surface area contributed by atoms with Crippen molar-refractivity contribution >= 4 is 35.6 Å². The Hall–Kier alpha value is -3.46. The summed E-state index contributed by atoms with van der Waals surface area (Å²) in [4.78, 5) is 62.1. The van der Waals surface area contributed by atoms with Crippen LogP contribution in [-0.4, -0.2) is 88.3 Å². The number of hydrogen-bond donors (Lipinski definition) is 9. The number of amides is 3. The highest BCUT2D eigenvalue weighted by Gasteiger charge is 2.30. The Balaban J connectivity index is 4.98. The zero-order valence-electron chi connectivity index (χ0n) is 16.9. The van der Waals surface area contributed by atoms with Gasteiger partial charge in [-0.25, -0.2) is 0 Å². The van der Waals surface area contributed by atoms with Crippen LogP contribution in [0.25, 0.3) is 0 Å². The van der Waals surface area contributed by atoms with Gasteiger partial charge in [-0.3, -0.25) is 29.0 Å². The number of aliphatic imine (C=N–C) groups is 1. The van der Waals surface area contributed by atoms with Gasteiger partial charge in [-0.1, -0.05) is 0 Å². The Morgan fingerprint density at radius 1 is 0.935 bits per heavy atom. The molecule has 0 saturated heterocycles. The number of aliphatic hydroxyl groups is 1. The highest BCUT2D eigenvalue weighted by Crippen LogP contribution is 1.99. The first-order valence-electron chi connectivity index (χ1n) is 9.16. The van der Waals surface area contributed by atoms with Gasteiger partial charge in [0.2, 0.25) is 17.7 Å². The number of nitrogens with one attached hydrogen (secondary N) is 3. The highest BCUT2D eigenvalue weighted by molar-refractivity contribution is 5.95. The summed E-state index contributed by atoms with van der Waals surface area (Å²) in [6, 6.07) is -5.57. The maximum atomic E-state index is 12.3. The largest absolute Gasteiger partial charge is 0.481 e. The molecule has 0 bridgehead atoms. The predicted molar refractivity (Wildman–Crippen MR) is 106 cm³/mol. The van der Waals surface area contributed by atoms with Crippen molar-refractivity contribution in [3.8, 4) is 0 Å². The average molecular weight is 447 g/mol. The lowest BCUT2D eigenvalue weighted by Crippen LogP contribution is -2.58. The molecule has 0 aliphatic heterocycles. The molecular weight excluding hydrogens is 418 g/mol. The van der Waals surface area contributed by atoms with Crippen LogP contribution >= 0.6 is 0 Å². The fourth-order valence-corrected chi connectivity index (χ4v) is 2.16. The topological polar surface area (TPSA) is 273 Å². The molecule has 12 N–H and O–H groups in total. The first kappa shape index (κ1) is 27.5. The van der Waals surface area contributed by atoms with E-state index in [0.29, 0.717) is 6.42 Å². The van der Waals surface area contributed by atoms with Crippen LogP contribution < -0.4 is 33.2 Å². The Bertz CT molecular complexity index is 695. The number of guanidine groups is 1. The molecule has 4 unspecified atom stereocenters. The molecule has 15 nitrogen and oxygen atoms in total. The second-order valence-electron chi connectivity index (χ2n) is 6.53. The lowest BCUT2D eigenvalue weighted by atomic mass is 10.1. The van der Waals surface area contributed by atoms with Crippen molar-refractivity contribution < 1.29 is 39.3 Å². The molecule has 0 aliphatic rings. The fourth-order valence-electron chi connectivity index (χ4n) is 2.16. The van der Waals surface area contributed by atoms with Gasteiger partial charge >= 0.3 is 11.9 Å². The van der Waals surface area contributed by atoms with Crippen molar-refractivity contribution in [3.05, 3.63) is 0 Å². The second-order valence-corrected chi connectivity index (χ2v) is 6.53. The van der Waals surface area contributed by atoms with Gasteiger partial charge in [-0.15, -0.1) is 0 Å². The third-order valence-corrected chi connectivity index (χ3v) is 3.86. The van der Waals surface area contributed by atoms with Crippen molar-refractivity contribution in [3.63, 3.8) is 0 Å². The summed E-state index contributed by atoms with van der Waals surface area (Å²) < 4.78 is 0.